The molecule has 2 aromatic carbocycles. The molecule has 3 aromatic rings. The molecule has 0 fully saturated rings. The van der Waals surface area contributed by atoms with E-state index in [0.717, 1.165) is 16.7 Å². The molecule has 0 saturated carbocycles. The lowest BCUT2D eigenvalue weighted by Gasteiger charge is -2.10. The van der Waals surface area contributed by atoms with Crippen LogP contribution in [0.5, 0.6) is 0 Å². The number of hydrogen-bond acceptors (Lipinski definition) is 6. The number of rotatable bonds is 3. The normalized spacial score (nSPS) is 11.0. The molecule has 0 atom stereocenters. The van der Waals surface area contributed by atoms with Gasteiger partial charge in [-0.25, -0.2) is 0 Å². The van der Waals surface area contributed by atoms with Crippen molar-refractivity contribution >= 4 is 33.2 Å². The van der Waals surface area contributed by atoms with Crippen LogP contribution in [0.15, 0.2) is 33.9 Å². The van der Waals surface area contributed by atoms with Gasteiger partial charge in [-0.1, -0.05) is 12.1 Å². The van der Waals surface area contributed by atoms with E-state index in [1.165, 1.54) is 12.1 Å². The number of nitro benzene ring substituents is 2. The second kappa shape index (κ2) is 5.26. The second-order valence-electron chi connectivity index (χ2n) is 5.01. The lowest BCUT2D eigenvalue weighted by molar-refractivity contribution is -0.390. The number of non-ortho nitro benzene ring substituents is 2. The molecule has 0 aliphatic rings. The van der Waals surface area contributed by atoms with Gasteiger partial charge in [-0.2, -0.15) is 0 Å². The van der Waals surface area contributed by atoms with Crippen molar-refractivity contribution in [2.75, 3.05) is 0 Å². The zero-order valence-corrected chi connectivity index (χ0v) is 12.3. The van der Waals surface area contributed by atoms with Crippen LogP contribution in [0.25, 0.3) is 21.8 Å². The van der Waals surface area contributed by atoms with Gasteiger partial charge in [-0.3, -0.25) is 29.8 Å². The third kappa shape index (κ3) is 2.04. The minimum absolute atomic E-state index is 0.122. The van der Waals surface area contributed by atoms with Crippen molar-refractivity contribution in [3.63, 3.8) is 0 Å². The van der Waals surface area contributed by atoms with E-state index in [0.29, 0.717) is 0 Å². The Bertz CT molecular complexity index is 1140. The maximum Gasteiger partial charge on any atom is 0.316 e. The number of aromatic amines is 1. The maximum absolute atomic E-state index is 11.9. The highest BCUT2D eigenvalue weighted by atomic mass is 16.6. The van der Waals surface area contributed by atoms with Crippen LogP contribution in [-0.2, 0) is 6.54 Å². The number of nitrogens with one attached hydrogen (secondary N) is 1. The average Bonchev–Trinajstić information content (AvgIpc) is 2.54. The zero-order chi connectivity index (χ0) is 17.6. The highest BCUT2D eigenvalue weighted by Gasteiger charge is 2.25. The molecule has 0 saturated heterocycles. The van der Waals surface area contributed by atoms with E-state index in [1.54, 1.807) is 6.92 Å². The predicted octanol–water partition coefficient (Wildman–Crippen LogP) is 1.68. The molecule has 1 N–H and O–H groups in total. The van der Waals surface area contributed by atoms with Gasteiger partial charge in [0.1, 0.15) is 5.39 Å². The van der Waals surface area contributed by atoms with Crippen molar-refractivity contribution in [1.29, 1.82) is 0 Å². The molecule has 0 bridgehead atoms. The first-order chi connectivity index (χ1) is 11.4. The molecule has 3 rings (SSSR count). The monoisotopic (exact) mass is 330 g/mol. The number of nitro groups is 2. The van der Waals surface area contributed by atoms with Crippen molar-refractivity contribution in [2.45, 2.75) is 13.5 Å². The van der Waals surface area contributed by atoms with Crippen LogP contribution in [0, 0.1) is 20.2 Å². The minimum atomic E-state index is -0.897. The summed E-state index contributed by atoms with van der Waals surface area (Å²) in [6.07, 6.45) is 0. The SMILES string of the molecule is CCn1c(=O)c(=O)[nH]c2c3cccc([N+](=O)[O-])c3c([N+](=O)[O-])cc21. The van der Waals surface area contributed by atoms with E-state index >= 15 is 0 Å². The molecular formula is C14H10N4O6. The Morgan fingerprint density at radius 3 is 2.38 bits per heavy atom. The van der Waals surface area contributed by atoms with Crippen LogP contribution in [0.3, 0.4) is 0 Å². The number of fused-ring (bicyclic) bond motifs is 3. The van der Waals surface area contributed by atoms with Crippen LogP contribution < -0.4 is 11.1 Å². The van der Waals surface area contributed by atoms with Gasteiger partial charge in [0, 0.05) is 24.1 Å². The number of nitrogens with zero attached hydrogens (tertiary/aromatic N) is 3. The van der Waals surface area contributed by atoms with Crippen LogP contribution >= 0.6 is 0 Å². The first kappa shape index (κ1) is 15.3. The molecule has 122 valence electrons. The van der Waals surface area contributed by atoms with Crippen LogP contribution in [-0.4, -0.2) is 19.4 Å². The molecule has 1 aromatic heterocycles. The molecule has 0 spiro atoms. The summed E-state index contributed by atoms with van der Waals surface area (Å²) in [7, 11) is 0. The smallest absolute Gasteiger partial charge is 0.315 e. The van der Waals surface area contributed by atoms with E-state index in [4.69, 9.17) is 0 Å². The van der Waals surface area contributed by atoms with Gasteiger partial charge < -0.3 is 9.55 Å². The number of aryl methyl sites for hydroxylation is 1. The van der Waals surface area contributed by atoms with Crippen LogP contribution in [0.1, 0.15) is 6.92 Å². The standard InChI is InChI=1S/C14H10N4O6/c1-2-16-10-6-9(18(23)24)11-7(4-3-5-8(11)17(21)22)12(10)15-13(19)14(16)20/h3-6H,2H2,1H3,(H,15,19). The number of benzene rings is 2. The summed E-state index contributed by atoms with van der Waals surface area (Å²) < 4.78 is 1.10. The van der Waals surface area contributed by atoms with Gasteiger partial charge in [0.15, 0.2) is 0 Å². The van der Waals surface area contributed by atoms with Crippen molar-refractivity contribution in [3.8, 4) is 0 Å². The fraction of sp³-hybridized carbons (Fsp3) is 0.143. The Morgan fingerprint density at radius 1 is 1.12 bits per heavy atom. The van der Waals surface area contributed by atoms with Crippen molar-refractivity contribution in [1.82, 2.24) is 9.55 Å². The van der Waals surface area contributed by atoms with Gasteiger partial charge in [0.25, 0.3) is 11.4 Å². The highest BCUT2D eigenvalue weighted by Crippen LogP contribution is 2.37. The van der Waals surface area contributed by atoms with Gasteiger partial charge >= 0.3 is 11.1 Å². The summed E-state index contributed by atoms with van der Waals surface area (Å²) in [6.45, 7) is 1.74. The Balaban J connectivity index is 2.72. The fourth-order valence-electron chi connectivity index (χ4n) is 2.78. The molecule has 0 aliphatic heterocycles. The van der Waals surface area contributed by atoms with E-state index in [9.17, 15) is 29.8 Å². The Hall–Kier alpha value is -3.56. The van der Waals surface area contributed by atoms with Gasteiger partial charge in [-0.15, -0.1) is 0 Å². The summed E-state index contributed by atoms with van der Waals surface area (Å²) in [5, 5.41) is 22.6. The number of H-pyrrole nitrogens is 1. The average molecular weight is 330 g/mol. The molecule has 1 heterocycles. The second-order valence-corrected chi connectivity index (χ2v) is 5.01. The number of aromatic nitrogens is 2. The quantitative estimate of drug-likeness (QED) is 0.335. The summed E-state index contributed by atoms with van der Waals surface area (Å²) >= 11 is 0. The Kier molecular flexibility index (Phi) is 3.36. The van der Waals surface area contributed by atoms with Crippen molar-refractivity contribution in [3.05, 3.63) is 65.2 Å². The molecule has 0 unspecified atom stereocenters. The third-order valence-corrected chi connectivity index (χ3v) is 3.78. The summed E-state index contributed by atoms with van der Waals surface area (Å²) in [5.41, 5.74) is -2.41. The van der Waals surface area contributed by atoms with E-state index in [1.807, 2.05) is 0 Å². The van der Waals surface area contributed by atoms with Gasteiger partial charge in [-0.05, 0) is 6.92 Å². The maximum atomic E-state index is 11.9. The highest BCUT2D eigenvalue weighted by molar-refractivity contribution is 6.12. The van der Waals surface area contributed by atoms with E-state index < -0.39 is 32.3 Å². The fourth-order valence-corrected chi connectivity index (χ4v) is 2.78. The van der Waals surface area contributed by atoms with Crippen molar-refractivity contribution in [2.24, 2.45) is 0 Å². The first-order valence-corrected chi connectivity index (χ1v) is 6.88. The molecule has 10 heteroatoms. The lowest BCUT2D eigenvalue weighted by Crippen LogP contribution is -2.36. The van der Waals surface area contributed by atoms with Crippen LogP contribution in [0.4, 0.5) is 11.4 Å². The van der Waals surface area contributed by atoms with Crippen LogP contribution in [0.2, 0.25) is 0 Å². The Morgan fingerprint density at radius 2 is 1.79 bits per heavy atom. The molecule has 0 amide bonds. The summed E-state index contributed by atoms with van der Waals surface area (Å²) in [4.78, 5) is 47.3. The molecule has 10 nitrogen and oxygen atoms in total. The molecule has 0 radical (unpaired) electrons. The zero-order valence-electron chi connectivity index (χ0n) is 12.3. The number of hydrogen-bond donors (Lipinski definition) is 1. The summed E-state index contributed by atoms with van der Waals surface area (Å²) in [6, 6.07) is 5.02. The van der Waals surface area contributed by atoms with E-state index in [2.05, 4.69) is 4.98 Å². The minimum Gasteiger partial charge on any atom is -0.315 e. The molecular weight excluding hydrogens is 320 g/mol. The summed E-state index contributed by atoms with van der Waals surface area (Å²) in [5.74, 6) is 0. The Labute approximate surface area is 132 Å². The predicted molar refractivity (Wildman–Crippen MR) is 85.3 cm³/mol. The van der Waals surface area contributed by atoms with Crippen molar-refractivity contribution < 1.29 is 9.85 Å². The first-order valence-electron chi connectivity index (χ1n) is 6.88. The molecule has 24 heavy (non-hydrogen) atoms. The molecule has 0 aliphatic carbocycles. The van der Waals surface area contributed by atoms with Gasteiger partial charge in [0.2, 0.25) is 0 Å². The van der Waals surface area contributed by atoms with Gasteiger partial charge in [0.05, 0.1) is 20.9 Å². The third-order valence-electron chi connectivity index (χ3n) is 3.78. The lowest BCUT2D eigenvalue weighted by atomic mass is 10.0. The largest absolute Gasteiger partial charge is 0.316 e. The topological polar surface area (TPSA) is 141 Å². The van der Waals surface area contributed by atoms with E-state index in [-0.39, 0.29) is 28.4 Å².